The lowest BCUT2D eigenvalue weighted by molar-refractivity contribution is 0.508. The Morgan fingerprint density at radius 3 is 2.61 bits per heavy atom. The first-order valence-corrected chi connectivity index (χ1v) is 9.79. The number of benzene rings is 2. The second-order valence-electron chi connectivity index (χ2n) is 7.02. The van der Waals surface area contributed by atoms with Crippen LogP contribution >= 0.6 is 0 Å². The van der Waals surface area contributed by atoms with Gasteiger partial charge in [0.2, 0.25) is 0 Å². The molecule has 0 fully saturated rings. The van der Waals surface area contributed by atoms with E-state index in [9.17, 15) is 13.6 Å². The van der Waals surface area contributed by atoms with Crippen LogP contribution < -0.4 is 21.8 Å². The monoisotopic (exact) mass is 425 g/mol. The summed E-state index contributed by atoms with van der Waals surface area (Å²) in [5.74, 6) is -1.70. The first-order valence-electron chi connectivity index (χ1n) is 9.79. The molecule has 160 valence electrons. The quantitative estimate of drug-likeness (QED) is 0.321. The van der Waals surface area contributed by atoms with Gasteiger partial charge < -0.3 is 20.5 Å². The van der Waals surface area contributed by atoms with Crippen molar-refractivity contribution in [1.82, 2.24) is 15.3 Å². The summed E-state index contributed by atoms with van der Waals surface area (Å²) >= 11 is 0. The van der Waals surface area contributed by atoms with Crippen LogP contribution in [0.4, 0.5) is 20.6 Å². The molecule has 0 amide bonds. The minimum atomic E-state index is -1.02. The number of aromatic nitrogens is 2. The molecule has 2 aromatic carbocycles. The van der Waals surface area contributed by atoms with Crippen LogP contribution in [-0.2, 0) is 6.54 Å². The van der Waals surface area contributed by atoms with Crippen molar-refractivity contribution in [3.8, 4) is 11.1 Å². The van der Waals surface area contributed by atoms with Crippen LogP contribution in [0.2, 0.25) is 0 Å². The molecule has 0 unspecified atom stereocenters. The average molecular weight is 425 g/mol. The number of aromatic amines is 1. The zero-order valence-electron chi connectivity index (χ0n) is 16.5. The normalized spacial score (nSPS) is 11.2. The van der Waals surface area contributed by atoms with E-state index in [1.165, 1.54) is 6.07 Å². The van der Waals surface area contributed by atoms with Crippen molar-refractivity contribution < 1.29 is 13.2 Å². The maximum Gasteiger partial charge on any atom is 0.301 e. The molecule has 5 N–H and O–H groups in total. The molecule has 2 heterocycles. The fourth-order valence-electron chi connectivity index (χ4n) is 3.12. The van der Waals surface area contributed by atoms with Gasteiger partial charge in [-0.15, -0.1) is 0 Å². The molecular weight excluding hydrogens is 404 g/mol. The van der Waals surface area contributed by atoms with E-state index < -0.39 is 11.6 Å². The Balaban J connectivity index is 1.47. The lowest BCUT2D eigenvalue weighted by Crippen LogP contribution is -2.17. The van der Waals surface area contributed by atoms with E-state index in [0.29, 0.717) is 17.9 Å². The lowest BCUT2D eigenvalue weighted by atomic mass is 10.1. The van der Waals surface area contributed by atoms with E-state index in [1.807, 2.05) is 24.3 Å². The van der Waals surface area contributed by atoms with Crippen molar-refractivity contribution in [3.63, 3.8) is 0 Å². The number of anilines is 2. The molecule has 31 heavy (non-hydrogen) atoms. The number of hydrogen-bond acceptors (Lipinski definition) is 6. The van der Waals surface area contributed by atoms with Gasteiger partial charge in [0.15, 0.2) is 22.6 Å². The highest BCUT2D eigenvalue weighted by Gasteiger charge is 2.12. The molecule has 0 spiro atoms. The van der Waals surface area contributed by atoms with Crippen molar-refractivity contribution >= 4 is 22.9 Å². The van der Waals surface area contributed by atoms with Crippen molar-refractivity contribution in [3.05, 3.63) is 76.1 Å². The molecular formula is C22H21F2N5O2. The molecule has 4 rings (SSSR count). The Kier molecular flexibility index (Phi) is 6.06. The second-order valence-corrected chi connectivity index (χ2v) is 7.02. The summed E-state index contributed by atoms with van der Waals surface area (Å²) in [6.07, 6.45) is 2.51. The van der Waals surface area contributed by atoms with Gasteiger partial charge in [0.1, 0.15) is 11.3 Å². The Morgan fingerprint density at radius 2 is 1.87 bits per heavy atom. The number of nitrogens with one attached hydrogen (secondary N) is 3. The summed E-state index contributed by atoms with van der Waals surface area (Å²) in [5, 5.41) is 6.11. The average Bonchev–Trinajstić information content (AvgIpc) is 3.13. The highest BCUT2D eigenvalue weighted by atomic mass is 19.2. The molecule has 0 aliphatic carbocycles. The van der Waals surface area contributed by atoms with E-state index in [1.54, 1.807) is 6.20 Å². The van der Waals surface area contributed by atoms with Crippen LogP contribution in [-0.4, -0.2) is 23.1 Å². The number of H-pyrrole nitrogens is 1. The smallest absolute Gasteiger partial charge is 0.301 e. The van der Waals surface area contributed by atoms with Gasteiger partial charge >= 0.3 is 6.01 Å². The molecule has 0 aliphatic rings. The SMILES string of the molecule is NCCCNCc1ccc(-c2c[nH]c(Nc3nc4cc(F)c(F)cc4o3)cc2=O)cc1. The van der Waals surface area contributed by atoms with E-state index in [-0.39, 0.29) is 22.5 Å². The summed E-state index contributed by atoms with van der Waals surface area (Å²) in [6, 6.07) is 11.0. The number of halogens is 2. The summed E-state index contributed by atoms with van der Waals surface area (Å²) in [6.45, 7) is 2.25. The Hall–Kier alpha value is -3.56. The number of hydrogen-bond donors (Lipinski definition) is 4. The third-order valence-corrected chi connectivity index (χ3v) is 4.74. The van der Waals surface area contributed by atoms with Crippen molar-refractivity contribution in [2.45, 2.75) is 13.0 Å². The molecule has 0 bridgehead atoms. The summed E-state index contributed by atoms with van der Waals surface area (Å²) in [4.78, 5) is 19.6. The Morgan fingerprint density at radius 1 is 1.10 bits per heavy atom. The highest BCUT2D eigenvalue weighted by Crippen LogP contribution is 2.24. The number of fused-ring (bicyclic) bond motifs is 1. The summed E-state index contributed by atoms with van der Waals surface area (Å²) in [5.41, 5.74) is 7.93. The van der Waals surface area contributed by atoms with E-state index in [0.717, 1.165) is 42.8 Å². The van der Waals surface area contributed by atoms with Crippen molar-refractivity contribution in [1.29, 1.82) is 0 Å². The third kappa shape index (κ3) is 4.79. The minimum Gasteiger partial charge on any atom is -0.423 e. The molecule has 4 aromatic rings. The molecule has 0 aliphatic heterocycles. The van der Waals surface area contributed by atoms with Gasteiger partial charge in [0.05, 0.1) is 0 Å². The van der Waals surface area contributed by atoms with Gasteiger partial charge in [-0.2, -0.15) is 4.98 Å². The maximum atomic E-state index is 13.3. The molecule has 2 aromatic heterocycles. The lowest BCUT2D eigenvalue weighted by Gasteiger charge is -2.07. The Labute approximate surface area is 176 Å². The number of nitrogens with zero attached hydrogens (tertiary/aromatic N) is 1. The predicted octanol–water partition coefficient (Wildman–Crippen LogP) is 3.64. The minimum absolute atomic E-state index is 0.00916. The van der Waals surface area contributed by atoms with E-state index in [2.05, 4.69) is 20.6 Å². The van der Waals surface area contributed by atoms with Gasteiger partial charge in [0.25, 0.3) is 0 Å². The molecule has 0 radical (unpaired) electrons. The number of pyridine rings is 1. The fourth-order valence-corrected chi connectivity index (χ4v) is 3.12. The second kappa shape index (κ2) is 9.07. The van der Waals surface area contributed by atoms with Gasteiger partial charge in [-0.25, -0.2) is 8.78 Å². The number of nitrogens with two attached hydrogens (primary N) is 1. The Bertz CT molecular complexity index is 1210. The van der Waals surface area contributed by atoms with Gasteiger partial charge in [-0.05, 0) is 30.6 Å². The van der Waals surface area contributed by atoms with Crippen LogP contribution in [0.25, 0.3) is 22.2 Å². The van der Waals surface area contributed by atoms with Gasteiger partial charge in [0, 0.05) is 36.5 Å². The van der Waals surface area contributed by atoms with Crippen molar-refractivity contribution in [2.75, 3.05) is 18.4 Å². The first-order chi connectivity index (χ1) is 15.0. The highest BCUT2D eigenvalue weighted by molar-refractivity contribution is 5.75. The van der Waals surface area contributed by atoms with E-state index in [4.69, 9.17) is 10.2 Å². The van der Waals surface area contributed by atoms with Crippen LogP contribution in [0.5, 0.6) is 0 Å². The third-order valence-electron chi connectivity index (χ3n) is 4.74. The van der Waals surface area contributed by atoms with Crippen molar-refractivity contribution in [2.24, 2.45) is 5.73 Å². The standard InChI is InChI=1S/C22H21F2N5O2/c23-16-8-18-20(9-17(16)24)31-22(28-18)29-21-10-19(30)15(12-27-21)14-4-2-13(3-5-14)11-26-7-1-6-25/h2-5,8-10,12,26H,1,6-7,11,25H2,(H2,27,28,29,30). The predicted molar refractivity (Wildman–Crippen MR) is 115 cm³/mol. The zero-order chi connectivity index (χ0) is 21.8. The molecule has 0 saturated carbocycles. The maximum absolute atomic E-state index is 13.3. The van der Waals surface area contributed by atoms with Crippen LogP contribution in [0.3, 0.4) is 0 Å². The zero-order valence-corrected chi connectivity index (χ0v) is 16.5. The molecule has 9 heteroatoms. The topological polar surface area (TPSA) is 109 Å². The van der Waals surface area contributed by atoms with Gasteiger partial charge in [-0.3, -0.25) is 10.1 Å². The summed E-state index contributed by atoms with van der Waals surface area (Å²) < 4.78 is 32.0. The molecule has 0 atom stereocenters. The molecule has 0 saturated heterocycles. The summed E-state index contributed by atoms with van der Waals surface area (Å²) in [7, 11) is 0. The first kappa shape index (κ1) is 20.7. The largest absolute Gasteiger partial charge is 0.423 e. The van der Waals surface area contributed by atoms with Crippen LogP contribution in [0.1, 0.15) is 12.0 Å². The van der Waals surface area contributed by atoms with Gasteiger partial charge in [-0.1, -0.05) is 24.3 Å². The van der Waals surface area contributed by atoms with Crippen LogP contribution in [0, 0.1) is 11.6 Å². The van der Waals surface area contributed by atoms with Crippen LogP contribution in [0.15, 0.2) is 57.9 Å². The fraction of sp³-hybridized carbons (Fsp3) is 0.182. The number of oxazole rings is 1. The van der Waals surface area contributed by atoms with E-state index >= 15 is 0 Å². The number of rotatable bonds is 8. The molecule has 7 nitrogen and oxygen atoms in total.